The third-order valence-electron chi connectivity index (χ3n) is 2.77. The van der Waals surface area contributed by atoms with Crippen LogP contribution in [-0.4, -0.2) is 28.8 Å². The highest BCUT2D eigenvalue weighted by Gasteiger charge is 2.28. The summed E-state index contributed by atoms with van der Waals surface area (Å²) in [5.41, 5.74) is -0.626. The molecule has 0 rings (SSSR count). The van der Waals surface area contributed by atoms with Crippen LogP contribution in [0.15, 0.2) is 0 Å². The molecule has 0 aliphatic rings. The van der Waals surface area contributed by atoms with Crippen LogP contribution in [0.3, 0.4) is 0 Å². The van der Waals surface area contributed by atoms with E-state index in [-0.39, 0.29) is 5.92 Å². The fourth-order valence-corrected chi connectivity index (χ4v) is 1.76. The molecule has 0 aromatic carbocycles. The van der Waals surface area contributed by atoms with Crippen molar-refractivity contribution in [3.63, 3.8) is 0 Å². The molecular weight excluding hydrogens is 246 g/mol. The molecule has 0 spiro atoms. The Morgan fingerprint density at radius 2 is 1.84 bits per heavy atom. The quantitative estimate of drug-likeness (QED) is 0.698. The van der Waals surface area contributed by atoms with E-state index >= 15 is 0 Å². The molecule has 19 heavy (non-hydrogen) atoms. The average Bonchev–Trinajstić information content (AvgIpc) is 2.23. The Balaban J connectivity index is 4.40. The molecule has 0 saturated heterocycles. The van der Waals surface area contributed by atoms with Gasteiger partial charge in [-0.2, -0.15) is 0 Å². The summed E-state index contributed by atoms with van der Waals surface area (Å²) in [6, 6.07) is -0.897. The molecule has 0 aliphatic heterocycles. The van der Waals surface area contributed by atoms with Crippen molar-refractivity contribution in [2.24, 2.45) is 5.92 Å². The molecule has 5 heteroatoms. The van der Waals surface area contributed by atoms with Crippen LogP contribution in [0.4, 0.5) is 4.79 Å². The third kappa shape index (κ3) is 8.46. The Kier molecular flexibility index (Phi) is 7.49. The largest absolute Gasteiger partial charge is 0.480 e. The zero-order valence-corrected chi connectivity index (χ0v) is 12.7. The highest BCUT2D eigenvalue weighted by atomic mass is 16.6. The Bertz CT molecular complexity index is 296. The average molecular weight is 273 g/mol. The second-order valence-corrected chi connectivity index (χ2v) is 5.94. The number of hydrogen-bond acceptors (Lipinski definition) is 3. The number of rotatable bonds is 7. The lowest BCUT2D eigenvalue weighted by Gasteiger charge is -2.24. The zero-order chi connectivity index (χ0) is 15.1. The van der Waals surface area contributed by atoms with E-state index in [0.29, 0.717) is 0 Å². The van der Waals surface area contributed by atoms with Crippen molar-refractivity contribution >= 4 is 12.1 Å². The number of unbranched alkanes of at least 4 members (excludes halogenated alkanes) is 2. The van der Waals surface area contributed by atoms with Crippen molar-refractivity contribution in [2.45, 2.75) is 71.9 Å². The van der Waals surface area contributed by atoms with Crippen LogP contribution >= 0.6 is 0 Å². The van der Waals surface area contributed by atoms with Gasteiger partial charge in [0, 0.05) is 0 Å². The van der Waals surface area contributed by atoms with Crippen LogP contribution in [0.2, 0.25) is 0 Å². The normalized spacial score (nSPS) is 14.6. The first-order valence-corrected chi connectivity index (χ1v) is 6.89. The van der Waals surface area contributed by atoms with Crippen LogP contribution in [-0.2, 0) is 9.53 Å². The SMILES string of the molecule is CCCCCC(C)C(NC(=O)OC(C)(C)C)C(=O)O. The minimum absolute atomic E-state index is 0.114. The molecule has 112 valence electrons. The highest BCUT2D eigenvalue weighted by molar-refractivity contribution is 5.80. The van der Waals surface area contributed by atoms with E-state index in [1.807, 2.05) is 6.92 Å². The van der Waals surface area contributed by atoms with Crippen LogP contribution in [0, 0.1) is 5.92 Å². The van der Waals surface area contributed by atoms with Crippen LogP contribution in [0.5, 0.6) is 0 Å². The van der Waals surface area contributed by atoms with Gasteiger partial charge in [-0.15, -0.1) is 0 Å². The fourth-order valence-electron chi connectivity index (χ4n) is 1.76. The molecule has 2 N–H and O–H groups in total. The van der Waals surface area contributed by atoms with Crippen LogP contribution in [0.1, 0.15) is 60.3 Å². The van der Waals surface area contributed by atoms with E-state index in [1.165, 1.54) is 0 Å². The Labute approximate surface area is 115 Å². The summed E-state index contributed by atoms with van der Waals surface area (Å²) in [7, 11) is 0. The highest BCUT2D eigenvalue weighted by Crippen LogP contribution is 2.15. The van der Waals surface area contributed by atoms with Gasteiger partial charge in [-0.3, -0.25) is 0 Å². The van der Waals surface area contributed by atoms with Gasteiger partial charge in [-0.25, -0.2) is 9.59 Å². The van der Waals surface area contributed by atoms with Gasteiger partial charge >= 0.3 is 12.1 Å². The minimum atomic E-state index is -1.02. The predicted octanol–water partition coefficient (Wildman–Crippen LogP) is 3.18. The molecule has 0 radical (unpaired) electrons. The number of hydrogen-bond donors (Lipinski definition) is 2. The van der Waals surface area contributed by atoms with Gasteiger partial charge in [0.25, 0.3) is 0 Å². The summed E-state index contributed by atoms with van der Waals surface area (Å²) in [6.07, 6.45) is 3.23. The van der Waals surface area contributed by atoms with Crippen molar-refractivity contribution < 1.29 is 19.4 Å². The molecule has 5 nitrogen and oxygen atoms in total. The van der Waals surface area contributed by atoms with Crippen molar-refractivity contribution in [3.8, 4) is 0 Å². The maximum Gasteiger partial charge on any atom is 0.408 e. The molecule has 1 amide bonds. The first-order valence-electron chi connectivity index (χ1n) is 6.89. The first kappa shape index (κ1) is 17.7. The maximum atomic E-state index is 11.6. The number of carboxylic acids is 1. The van der Waals surface area contributed by atoms with Crippen molar-refractivity contribution in [2.75, 3.05) is 0 Å². The summed E-state index contributed by atoms with van der Waals surface area (Å²) in [5.74, 6) is -1.13. The summed E-state index contributed by atoms with van der Waals surface area (Å²) >= 11 is 0. The van der Waals surface area contributed by atoms with Gasteiger partial charge in [0.1, 0.15) is 11.6 Å². The summed E-state index contributed by atoms with van der Waals surface area (Å²) in [5, 5.41) is 11.6. The number of ether oxygens (including phenoxy) is 1. The molecule has 0 fully saturated rings. The molecule has 0 aromatic rings. The van der Waals surface area contributed by atoms with E-state index < -0.39 is 23.7 Å². The summed E-state index contributed by atoms with van der Waals surface area (Å²) < 4.78 is 5.08. The number of aliphatic carboxylic acids is 1. The van der Waals surface area contributed by atoms with Gasteiger partial charge < -0.3 is 15.2 Å². The summed E-state index contributed by atoms with van der Waals surface area (Å²) in [6.45, 7) is 9.16. The van der Waals surface area contributed by atoms with Gasteiger partial charge in [0.05, 0.1) is 0 Å². The van der Waals surface area contributed by atoms with E-state index in [1.54, 1.807) is 20.8 Å². The zero-order valence-electron chi connectivity index (χ0n) is 12.7. The molecule has 0 bridgehead atoms. The van der Waals surface area contributed by atoms with E-state index in [0.717, 1.165) is 25.7 Å². The molecule has 2 atom stereocenters. The monoisotopic (exact) mass is 273 g/mol. The first-order chi connectivity index (χ1) is 8.67. The van der Waals surface area contributed by atoms with Crippen molar-refractivity contribution in [1.29, 1.82) is 0 Å². The molecule has 0 saturated carbocycles. The smallest absolute Gasteiger partial charge is 0.408 e. The van der Waals surface area contributed by atoms with E-state index in [4.69, 9.17) is 4.74 Å². The number of alkyl carbamates (subject to hydrolysis) is 1. The molecule has 2 unspecified atom stereocenters. The van der Waals surface area contributed by atoms with Crippen molar-refractivity contribution in [1.82, 2.24) is 5.32 Å². The number of nitrogens with one attached hydrogen (secondary N) is 1. The molecular formula is C14H27NO4. The van der Waals surface area contributed by atoms with Crippen molar-refractivity contribution in [3.05, 3.63) is 0 Å². The third-order valence-corrected chi connectivity index (χ3v) is 2.77. The van der Waals surface area contributed by atoms with Gasteiger partial charge in [-0.1, -0.05) is 33.1 Å². The van der Waals surface area contributed by atoms with Gasteiger partial charge in [-0.05, 0) is 33.1 Å². The Morgan fingerprint density at radius 1 is 1.26 bits per heavy atom. The van der Waals surface area contributed by atoms with Crippen LogP contribution < -0.4 is 5.32 Å². The lowest BCUT2D eigenvalue weighted by Crippen LogP contribution is -2.47. The molecule has 0 aromatic heterocycles. The number of carbonyl (C=O) groups excluding carboxylic acids is 1. The lowest BCUT2D eigenvalue weighted by molar-refractivity contribution is -0.140. The number of carboxylic acid groups (broad SMARTS) is 1. The standard InChI is InChI=1S/C14H27NO4/c1-6-7-8-9-10(2)11(12(16)17)15-13(18)19-14(3,4)5/h10-11H,6-9H2,1-5H3,(H,15,18)(H,16,17). The Hall–Kier alpha value is -1.26. The second kappa shape index (κ2) is 8.02. The predicted molar refractivity (Wildman–Crippen MR) is 74.1 cm³/mol. The van der Waals surface area contributed by atoms with E-state index in [9.17, 15) is 14.7 Å². The maximum absolute atomic E-state index is 11.6. The topological polar surface area (TPSA) is 75.6 Å². The number of amides is 1. The van der Waals surface area contributed by atoms with Gasteiger partial charge in [0.2, 0.25) is 0 Å². The second-order valence-electron chi connectivity index (χ2n) is 5.94. The van der Waals surface area contributed by atoms with E-state index in [2.05, 4.69) is 12.2 Å². The van der Waals surface area contributed by atoms with Crippen LogP contribution in [0.25, 0.3) is 0 Å². The van der Waals surface area contributed by atoms with Gasteiger partial charge in [0.15, 0.2) is 0 Å². The summed E-state index contributed by atoms with van der Waals surface area (Å²) in [4.78, 5) is 22.8. The lowest BCUT2D eigenvalue weighted by atomic mass is 9.95. The molecule has 0 heterocycles. The molecule has 0 aliphatic carbocycles. The fraction of sp³-hybridized carbons (Fsp3) is 0.857. The number of carbonyl (C=O) groups is 2. The minimum Gasteiger partial charge on any atom is -0.480 e. The Morgan fingerprint density at radius 3 is 2.26 bits per heavy atom.